The van der Waals surface area contributed by atoms with Gasteiger partial charge in [0.05, 0.1) is 38.8 Å². The highest BCUT2D eigenvalue weighted by molar-refractivity contribution is 6.18. The Morgan fingerprint density at radius 3 is 1.36 bits per heavy atom. The van der Waals surface area contributed by atoms with Crippen molar-refractivity contribution < 1.29 is 4.74 Å². The van der Waals surface area contributed by atoms with Crippen molar-refractivity contribution in [3.8, 4) is 50.8 Å². The number of hydrogen-bond acceptors (Lipinski definition) is 1. The quantitative estimate of drug-likeness (QED) is 0.176. The van der Waals surface area contributed by atoms with Crippen molar-refractivity contribution in [2.75, 3.05) is 0 Å². The molecule has 12 aromatic rings. The fourth-order valence-corrected chi connectivity index (χ4v) is 9.83. The summed E-state index contributed by atoms with van der Waals surface area (Å²) in [6.07, 6.45) is 0. The van der Waals surface area contributed by atoms with E-state index in [-0.39, 0.29) is 0 Å². The predicted molar refractivity (Wildman–Crippen MR) is 240 cm³/mol. The molecule has 4 heteroatoms. The first-order chi connectivity index (χ1) is 28.8. The third-order valence-electron chi connectivity index (χ3n) is 12.2. The second kappa shape index (κ2) is 11.8. The van der Waals surface area contributed by atoms with Crippen molar-refractivity contribution in [1.29, 1.82) is 0 Å². The van der Waals surface area contributed by atoms with Gasteiger partial charge in [0.1, 0.15) is 0 Å². The zero-order chi connectivity index (χ0) is 37.9. The summed E-state index contributed by atoms with van der Waals surface area (Å²) in [5.74, 6) is 1.72. The Labute approximate surface area is 333 Å². The lowest BCUT2D eigenvalue weighted by Gasteiger charge is -2.23. The second-order valence-electron chi connectivity index (χ2n) is 15.3. The van der Waals surface area contributed by atoms with E-state index in [9.17, 15) is 0 Å². The van der Waals surface area contributed by atoms with Gasteiger partial charge in [-0.1, -0.05) is 133 Å². The Hall–Kier alpha value is -7.82. The maximum atomic E-state index is 7.00. The van der Waals surface area contributed by atoms with E-state index in [2.05, 4.69) is 214 Å². The highest BCUT2D eigenvalue weighted by atomic mass is 16.5. The zero-order valence-corrected chi connectivity index (χ0v) is 31.3. The van der Waals surface area contributed by atoms with Crippen LogP contribution in [-0.2, 0) is 0 Å². The molecule has 0 spiro atoms. The summed E-state index contributed by atoms with van der Waals surface area (Å²) in [7, 11) is 0. The van der Waals surface area contributed by atoms with Crippen LogP contribution >= 0.6 is 0 Å². The highest BCUT2D eigenvalue weighted by Gasteiger charge is 2.27. The van der Waals surface area contributed by atoms with Crippen LogP contribution in [-0.4, -0.2) is 13.7 Å². The maximum Gasteiger partial charge on any atom is 0.159 e. The minimum atomic E-state index is 0.859. The van der Waals surface area contributed by atoms with E-state index in [0.717, 1.165) is 50.7 Å². The molecule has 0 saturated heterocycles. The minimum Gasteiger partial charge on any atom is -0.452 e. The van der Waals surface area contributed by atoms with E-state index in [1.165, 1.54) is 65.5 Å². The maximum absolute atomic E-state index is 7.00. The molecule has 3 aromatic heterocycles. The smallest absolute Gasteiger partial charge is 0.159 e. The average molecular weight is 740 g/mol. The summed E-state index contributed by atoms with van der Waals surface area (Å²) in [6.45, 7) is 0. The van der Waals surface area contributed by atoms with E-state index >= 15 is 0 Å². The molecule has 0 unspecified atom stereocenters. The molecule has 1 aliphatic heterocycles. The molecule has 9 aromatic carbocycles. The lowest BCUT2D eigenvalue weighted by atomic mass is 9.99. The van der Waals surface area contributed by atoms with Gasteiger partial charge in [-0.25, -0.2) is 0 Å². The normalized spacial score (nSPS) is 12.3. The summed E-state index contributed by atoms with van der Waals surface area (Å²) in [4.78, 5) is 0. The van der Waals surface area contributed by atoms with Gasteiger partial charge in [0.15, 0.2) is 11.5 Å². The van der Waals surface area contributed by atoms with Crippen LogP contribution in [0.2, 0.25) is 0 Å². The van der Waals surface area contributed by atoms with Gasteiger partial charge in [-0.2, -0.15) is 0 Å². The molecule has 0 bridgehead atoms. The van der Waals surface area contributed by atoms with Crippen molar-refractivity contribution >= 4 is 65.4 Å². The molecule has 0 aliphatic carbocycles. The van der Waals surface area contributed by atoms with Crippen LogP contribution in [0.15, 0.2) is 200 Å². The van der Waals surface area contributed by atoms with Crippen molar-refractivity contribution in [2.45, 2.75) is 0 Å². The third-order valence-corrected chi connectivity index (χ3v) is 12.2. The number of rotatable bonds is 4. The first-order valence-corrected chi connectivity index (χ1v) is 19.9. The van der Waals surface area contributed by atoms with Gasteiger partial charge in [0.25, 0.3) is 0 Å². The summed E-state index contributed by atoms with van der Waals surface area (Å²) in [6, 6.07) is 72.3. The molecule has 1 aliphatic rings. The van der Waals surface area contributed by atoms with Crippen LogP contribution in [0, 0.1) is 0 Å². The molecule has 0 N–H and O–H groups in total. The number of benzene rings is 9. The summed E-state index contributed by atoms with van der Waals surface area (Å²) < 4.78 is 14.2. The molecule has 4 nitrogen and oxygen atoms in total. The van der Waals surface area contributed by atoms with E-state index in [1.54, 1.807) is 0 Å². The van der Waals surface area contributed by atoms with Crippen LogP contribution in [0.4, 0.5) is 0 Å². The molecule has 0 atom stereocenters. The summed E-state index contributed by atoms with van der Waals surface area (Å²) >= 11 is 0. The van der Waals surface area contributed by atoms with Gasteiger partial charge in [0.2, 0.25) is 0 Å². The largest absolute Gasteiger partial charge is 0.452 e. The topological polar surface area (TPSA) is 24.0 Å². The molecule has 0 fully saturated rings. The standard InChI is InChI=1S/C54H33N3O/c1-5-25-45-40(18-1)41-19-2-6-26-46(41)55(45)36-16-9-14-34(32-36)38-22-11-29-49-52(38)44-24-13-31-51-53(44)57(49)50-30-12-23-39(54(50)58-51)35-15-10-17-37(33-35)56-47-27-7-3-20-42(47)43-21-4-8-28-48(43)56/h1-33H. The van der Waals surface area contributed by atoms with Crippen LogP contribution in [0.25, 0.3) is 105 Å². The van der Waals surface area contributed by atoms with Crippen molar-refractivity contribution in [3.63, 3.8) is 0 Å². The van der Waals surface area contributed by atoms with Crippen LogP contribution in [0.1, 0.15) is 0 Å². The Bertz CT molecular complexity index is 3570. The van der Waals surface area contributed by atoms with Gasteiger partial charge >= 0.3 is 0 Å². The number of ether oxygens (including phenoxy) is 1. The highest BCUT2D eigenvalue weighted by Crippen LogP contribution is 2.50. The molecular weight excluding hydrogens is 707 g/mol. The van der Waals surface area contributed by atoms with Crippen LogP contribution in [0.3, 0.4) is 0 Å². The van der Waals surface area contributed by atoms with Crippen LogP contribution < -0.4 is 4.74 Å². The molecule has 58 heavy (non-hydrogen) atoms. The number of hydrogen-bond donors (Lipinski definition) is 0. The first kappa shape index (κ1) is 31.4. The fourth-order valence-electron chi connectivity index (χ4n) is 9.83. The van der Waals surface area contributed by atoms with Gasteiger partial charge < -0.3 is 18.4 Å². The lowest BCUT2D eigenvalue weighted by Crippen LogP contribution is -2.05. The number of para-hydroxylation sites is 6. The third kappa shape index (κ3) is 4.29. The predicted octanol–water partition coefficient (Wildman–Crippen LogP) is 14.4. The average Bonchev–Trinajstić information content (AvgIpc) is 3.93. The Kier molecular flexibility index (Phi) is 6.41. The molecule has 0 amide bonds. The SMILES string of the molecule is c1cc(-c2cccc3c2Oc2cccc4c5c(-c6cccc(-n7c8ccccc8c8ccccc87)c6)cccc5n-3c24)cc(-n2c3ccccc3c3ccccc32)c1. The lowest BCUT2D eigenvalue weighted by molar-refractivity contribution is 0.478. The number of fused-ring (bicyclic) bond motifs is 11. The van der Waals surface area contributed by atoms with E-state index in [0.29, 0.717) is 0 Å². The molecule has 0 saturated carbocycles. The Balaban J connectivity index is 0.991. The molecule has 4 heterocycles. The summed E-state index contributed by atoms with van der Waals surface area (Å²) in [5, 5.41) is 7.42. The van der Waals surface area contributed by atoms with Gasteiger partial charge in [-0.3, -0.25) is 0 Å². The van der Waals surface area contributed by atoms with E-state index < -0.39 is 0 Å². The number of nitrogens with zero attached hydrogens (tertiary/aromatic N) is 3. The molecule has 270 valence electrons. The second-order valence-corrected chi connectivity index (χ2v) is 15.3. The van der Waals surface area contributed by atoms with Gasteiger partial charge in [-0.05, 0) is 83.4 Å². The monoisotopic (exact) mass is 739 g/mol. The fraction of sp³-hybridized carbons (Fsp3) is 0. The molecule has 0 radical (unpaired) electrons. The Morgan fingerprint density at radius 2 is 0.776 bits per heavy atom. The van der Waals surface area contributed by atoms with E-state index in [4.69, 9.17) is 4.74 Å². The Morgan fingerprint density at radius 1 is 0.328 bits per heavy atom. The summed E-state index contributed by atoms with van der Waals surface area (Å²) in [5.41, 5.74) is 14.9. The molecule has 13 rings (SSSR count). The first-order valence-electron chi connectivity index (χ1n) is 19.9. The van der Waals surface area contributed by atoms with Crippen LogP contribution in [0.5, 0.6) is 11.5 Å². The van der Waals surface area contributed by atoms with Gasteiger partial charge in [-0.15, -0.1) is 0 Å². The van der Waals surface area contributed by atoms with E-state index in [1.807, 2.05) is 0 Å². The van der Waals surface area contributed by atoms with Crippen molar-refractivity contribution in [1.82, 2.24) is 13.7 Å². The number of aromatic nitrogens is 3. The van der Waals surface area contributed by atoms with Gasteiger partial charge in [0, 0.05) is 49.3 Å². The minimum absolute atomic E-state index is 0.859. The molecular formula is C54H33N3O. The van der Waals surface area contributed by atoms with Crippen molar-refractivity contribution in [2.24, 2.45) is 0 Å². The zero-order valence-electron chi connectivity index (χ0n) is 31.3. The van der Waals surface area contributed by atoms with Crippen molar-refractivity contribution in [3.05, 3.63) is 200 Å².